The highest BCUT2D eigenvalue weighted by molar-refractivity contribution is 6.06. The van der Waals surface area contributed by atoms with Crippen molar-refractivity contribution in [1.29, 1.82) is 0 Å². The number of carbonyl (C=O) groups is 1. The second kappa shape index (κ2) is 6.13. The number of nitrogens with zero attached hydrogens (tertiary/aromatic N) is 3. The minimum absolute atomic E-state index is 0.0907. The molecule has 1 aromatic heterocycles. The lowest BCUT2D eigenvalue weighted by molar-refractivity contribution is 0.0976. The Morgan fingerprint density at radius 1 is 1.32 bits per heavy atom. The van der Waals surface area contributed by atoms with Crippen LogP contribution < -0.4 is 10.2 Å². The average molecular weight is 296 g/mol. The summed E-state index contributed by atoms with van der Waals surface area (Å²) in [4.78, 5) is 23.1. The molecule has 2 aromatic rings. The molecular formula is C17H20N4O. The van der Waals surface area contributed by atoms with E-state index in [0.717, 1.165) is 25.1 Å². The van der Waals surface area contributed by atoms with Gasteiger partial charge in [0.25, 0.3) is 5.91 Å². The number of aromatic nitrogens is 2. The van der Waals surface area contributed by atoms with Gasteiger partial charge in [-0.15, -0.1) is 0 Å². The quantitative estimate of drug-likeness (QED) is 0.942. The molecular weight excluding hydrogens is 276 g/mol. The lowest BCUT2D eigenvalue weighted by atomic mass is 10.1. The standard InChI is InChI=1S/C17H20N4O/c1-3-8-18-16-11-19-14(10-20-16)17(22)21-12(2)9-13-6-4-5-7-15(13)21/h4-7,10-12H,3,8-9H2,1-2H3,(H,18,20). The predicted octanol–water partition coefficient (Wildman–Crippen LogP) is 2.89. The van der Waals surface area contributed by atoms with E-state index < -0.39 is 0 Å². The minimum Gasteiger partial charge on any atom is -0.369 e. The van der Waals surface area contributed by atoms with Crippen LogP contribution in [0.25, 0.3) is 0 Å². The number of nitrogens with one attached hydrogen (secondary N) is 1. The van der Waals surface area contributed by atoms with Crippen LogP contribution in [0.1, 0.15) is 36.3 Å². The van der Waals surface area contributed by atoms with Crippen molar-refractivity contribution in [2.75, 3.05) is 16.8 Å². The molecule has 5 heteroatoms. The van der Waals surface area contributed by atoms with Gasteiger partial charge in [0, 0.05) is 18.3 Å². The lowest BCUT2D eigenvalue weighted by Gasteiger charge is -2.22. The summed E-state index contributed by atoms with van der Waals surface area (Å²) in [6.07, 6.45) is 5.07. The van der Waals surface area contributed by atoms with E-state index in [1.807, 2.05) is 23.1 Å². The number of benzene rings is 1. The van der Waals surface area contributed by atoms with Crippen LogP contribution >= 0.6 is 0 Å². The summed E-state index contributed by atoms with van der Waals surface area (Å²) in [6, 6.07) is 8.17. The summed E-state index contributed by atoms with van der Waals surface area (Å²) in [6.45, 7) is 4.99. The first kappa shape index (κ1) is 14.5. The van der Waals surface area contributed by atoms with E-state index in [-0.39, 0.29) is 11.9 Å². The van der Waals surface area contributed by atoms with E-state index in [1.54, 1.807) is 12.4 Å². The zero-order valence-corrected chi connectivity index (χ0v) is 12.9. The van der Waals surface area contributed by atoms with Gasteiger partial charge >= 0.3 is 0 Å². The van der Waals surface area contributed by atoms with Gasteiger partial charge in [0.05, 0.1) is 12.4 Å². The summed E-state index contributed by atoms with van der Waals surface area (Å²) in [5, 5.41) is 3.16. The van der Waals surface area contributed by atoms with Crippen molar-refractivity contribution in [3.63, 3.8) is 0 Å². The van der Waals surface area contributed by atoms with Crippen LogP contribution in [0, 0.1) is 0 Å². The van der Waals surface area contributed by atoms with Crippen LogP contribution in [0.4, 0.5) is 11.5 Å². The zero-order chi connectivity index (χ0) is 15.5. The molecule has 22 heavy (non-hydrogen) atoms. The molecule has 3 rings (SSSR count). The monoisotopic (exact) mass is 296 g/mol. The highest BCUT2D eigenvalue weighted by Gasteiger charge is 2.31. The van der Waals surface area contributed by atoms with Crippen LogP contribution in [-0.2, 0) is 6.42 Å². The van der Waals surface area contributed by atoms with E-state index in [2.05, 4.69) is 35.2 Å². The Hall–Kier alpha value is -2.43. The number of hydrogen-bond donors (Lipinski definition) is 1. The summed E-state index contributed by atoms with van der Waals surface area (Å²) in [5.41, 5.74) is 2.57. The first-order valence-electron chi connectivity index (χ1n) is 7.68. The average Bonchev–Trinajstić information content (AvgIpc) is 2.88. The van der Waals surface area contributed by atoms with Gasteiger partial charge in [0.15, 0.2) is 0 Å². The van der Waals surface area contributed by atoms with E-state index >= 15 is 0 Å². The molecule has 0 saturated carbocycles. The van der Waals surface area contributed by atoms with E-state index in [0.29, 0.717) is 11.5 Å². The second-order valence-corrected chi connectivity index (χ2v) is 5.57. The molecule has 114 valence electrons. The van der Waals surface area contributed by atoms with E-state index in [4.69, 9.17) is 0 Å². The third kappa shape index (κ3) is 2.66. The van der Waals surface area contributed by atoms with Gasteiger partial charge in [0.2, 0.25) is 0 Å². The highest BCUT2D eigenvalue weighted by Crippen LogP contribution is 2.32. The molecule has 1 aliphatic heterocycles. The van der Waals surface area contributed by atoms with Gasteiger partial charge in [-0.1, -0.05) is 25.1 Å². The van der Waals surface area contributed by atoms with Crippen molar-refractivity contribution in [2.24, 2.45) is 0 Å². The largest absolute Gasteiger partial charge is 0.369 e. The number of fused-ring (bicyclic) bond motifs is 1. The number of rotatable bonds is 4. The molecule has 1 unspecified atom stereocenters. The minimum atomic E-state index is -0.0907. The molecule has 0 spiro atoms. The molecule has 0 saturated heterocycles. The summed E-state index contributed by atoms with van der Waals surface area (Å²) in [5.74, 6) is 0.611. The fraction of sp³-hybridized carbons (Fsp3) is 0.353. The van der Waals surface area contributed by atoms with E-state index in [1.165, 1.54) is 5.56 Å². The van der Waals surface area contributed by atoms with Gasteiger partial charge in [-0.25, -0.2) is 9.97 Å². The first-order valence-corrected chi connectivity index (χ1v) is 7.68. The van der Waals surface area contributed by atoms with Crippen molar-refractivity contribution >= 4 is 17.4 Å². The SMILES string of the molecule is CCCNc1cnc(C(=O)N2c3ccccc3CC2C)cn1. The number of amides is 1. The lowest BCUT2D eigenvalue weighted by Crippen LogP contribution is -2.36. The van der Waals surface area contributed by atoms with E-state index in [9.17, 15) is 4.79 Å². The van der Waals surface area contributed by atoms with Crippen molar-refractivity contribution < 1.29 is 4.79 Å². The fourth-order valence-electron chi connectivity index (χ4n) is 2.78. The maximum Gasteiger partial charge on any atom is 0.278 e. The van der Waals surface area contributed by atoms with Crippen molar-refractivity contribution in [2.45, 2.75) is 32.7 Å². The Bertz CT molecular complexity index is 669. The number of carbonyl (C=O) groups excluding carboxylic acids is 1. The Balaban J connectivity index is 1.82. The van der Waals surface area contributed by atoms with Crippen molar-refractivity contribution in [1.82, 2.24) is 9.97 Å². The van der Waals surface area contributed by atoms with Crippen LogP contribution in [0.5, 0.6) is 0 Å². The Morgan fingerprint density at radius 3 is 2.86 bits per heavy atom. The van der Waals surface area contributed by atoms with Crippen molar-refractivity contribution in [3.8, 4) is 0 Å². The summed E-state index contributed by atoms with van der Waals surface area (Å²) >= 11 is 0. The first-order chi connectivity index (χ1) is 10.7. The van der Waals surface area contributed by atoms with Crippen molar-refractivity contribution in [3.05, 3.63) is 47.9 Å². The van der Waals surface area contributed by atoms with Gasteiger partial charge in [0.1, 0.15) is 11.5 Å². The molecule has 1 amide bonds. The summed E-state index contributed by atoms with van der Waals surface area (Å²) < 4.78 is 0. The molecule has 0 bridgehead atoms. The van der Waals surface area contributed by atoms with Gasteiger partial charge < -0.3 is 10.2 Å². The van der Waals surface area contributed by atoms with Gasteiger partial charge in [-0.05, 0) is 31.4 Å². The molecule has 1 atom stereocenters. The Morgan fingerprint density at radius 2 is 2.14 bits per heavy atom. The predicted molar refractivity (Wildman–Crippen MR) is 87.2 cm³/mol. The number of hydrogen-bond acceptors (Lipinski definition) is 4. The van der Waals surface area contributed by atoms with Gasteiger partial charge in [-0.2, -0.15) is 0 Å². The molecule has 1 aliphatic rings. The second-order valence-electron chi connectivity index (χ2n) is 5.57. The van der Waals surface area contributed by atoms with Crippen LogP contribution in [-0.4, -0.2) is 28.5 Å². The smallest absolute Gasteiger partial charge is 0.278 e. The Kier molecular flexibility index (Phi) is 4.04. The zero-order valence-electron chi connectivity index (χ0n) is 12.9. The topological polar surface area (TPSA) is 58.1 Å². The number of para-hydroxylation sites is 1. The normalized spacial score (nSPS) is 16.5. The Labute approximate surface area is 130 Å². The third-order valence-corrected chi connectivity index (χ3v) is 3.85. The van der Waals surface area contributed by atoms with Gasteiger partial charge in [-0.3, -0.25) is 4.79 Å². The number of anilines is 2. The van der Waals surface area contributed by atoms with Crippen LogP contribution in [0.2, 0.25) is 0 Å². The molecule has 0 radical (unpaired) electrons. The maximum absolute atomic E-state index is 12.7. The molecule has 2 heterocycles. The maximum atomic E-state index is 12.7. The molecule has 0 aliphatic carbocycles. The molecule has 1 aromatic carbocycles. The van der Waals surface area contributed by atoms with Crippen LogP contribution in [0.15, 0.2) is 36.7 Å². The third-order valence-electron chi connectivity index (χ3n) is 3.85. The fourth-order valence-corrected chi connectivity index (χ4v) is 2.78. The molecule has 0 fully saturated rings. The summed E-state index contributed by atoms with van der Waals surface area (Å²) in [7, 11) is 0. The molecule has 1 N–H and O–H groups in total. The highest BCUT2D eigenvalue weighted by atomic mass is 16.2. The van der Waals surface area contributed by atoms with Crippen LogP contribution in [0.3, 0.4) is 0 Å². The molecule has 5 nitrogen and oxygen atoms in total.